The molecule has 3 fully saturated rings. The molecular weight excluding hydrogens is 260 g/mol. The van der Waals surface area contributed by atoms with Gasteiger partial charge in [0.2, 0.25) is 0 Å². The first-order chi connectivity index (χ1) is 9.08. The predicted octanol–water partition coefficient (Wildman–Crippen LogP) is 0.594. The summed E-state index contributed by atoms with van der Waals surface area (Å²) in [5, 5.41) is 31.3. The number of rotatable bonds is 0. The van der Waals surface area contributed by atoms with E-state index in [0.29, 0.717) is 19.3 Å². The van der Waals surface area contributed by atoms with Gasteiger partial charge < -0.3 is 24.8 Å². The van der Waals surface area contributed by atoms with Crippen LogP contribution in [0.1, 0.15) is 47.0 Å². The Morgan fingerprint density at radius 3 is 2.40 bits per heavy atom. The van der Waals surface area contributed by atoms with Gasteiger partial charge in [0.1, 0.15) is 17.8 Å². The zero-order valence-electron chi connectivity index (χ0n) is 12.7. The molecule has 0 aromatic rings. The zero-order chi connectivity index (χ0) is 14.9. The SMILES string of the molecule is CC1(C)C[C@H](O)[C@@](C)(O)CC[C@H]2O[C@]2(C)[C@H](O)[C@@H]2O[C@H]21. The average Bonchev–Trinajstić information content (AvgIpc) is 3.19. The van der Waals surface area contributed by atoms with Crippen molar-refractivity contribution in [1.82, 2.24) is 0 Å². The van der Waals surface area contributed by atoms with Gasteiger partial charge in [-0.2, -0.15) is 0 Å². The third-order valence-corrected chi connectivity index (χ3v) is 5.52. The molecule has 3 N–H and O–H groups in total. The lowest BCUT2D eigenvalue weighted by atomic mass is 9.77. The van der Waals surface area contributed by atoms with Gasteiger partial charge in [0.05, 0.1) is 23.9 Å². The first-order valence-electron chi connectivity index (χ1n) is 7.50. The number of epoxide rings is 2. The van der Waals surface area contributed by atoms with E-state index in [4.69, 9.17) is 9.47 Å². The summed E-state index contributed by atoms with van der Waals surface area (Å²) in [5.41, 5.74) is -2.00. The number of aliphatic hydroxyl groups is 3. The van der Waals surface area contributed by atoms with Crippen molar-refractivity contribution in [3.8, 4) is 0 Å². The normalized spacial score (nSPS) is 58.0. The summed E-state index contributed by atoms with van der Waals surface area (Å²) < 4.78 is 11.3. The Bertz CT molecular complexity index is 407. The molecule has 0 radical (unpaired) electrons. The van der Waals surface area contributed by atoms with E-state index >= 15 is 0 Å². The molecule has 3 aliphatic rings. The minimum absolute atomic E-state index is 0.0674. The smallest absolute Gasteiger partial charge is 0.120 e. The number of fused-ring (bicyclic) bond motifs is 2. The van der Waals surface area contributed by atoms with Crippen molar-refractivity contribution >= 4 is 0 Å². The largest absolute Gasteiger partial charge is 0.390 e. The molecule has 1 aliphatic carbocycles. The van der Waals surface area contributed by atoms with Crippen molar-refractivity contribution in [3.05, 3.63) is 0 Å². The van der Waals surface area contributed by atoms with Gasteiger partial charge in [-0.15, -0.1) is 0 Å². The summed E-state index contributed by atoms with van der Waals surface area (Å²) in [6, 6.07) is 0. The van der Waals surface area contributed by atoms with Crippen LogP contribution in [0, 0.1) is 5.41 Å². The molecule has 116 valence electrons. The fourth-order valence-electron chi connectivity index (χ4n) is 3.62. The third kappa shape index (κ3) is 2.20. The van der Waals surface area contributed by atoms with Gasteiger partial charge in [0.15, 0.2) is 0 Å². The molecule has 2 aliphatic heterocycles. The lowest BCUT2D eigenvalue weighted by Crippen LogP contribution is -2.43. The van der Waals surface area contributed by atoms with Crippen molar-refractivity contribution in [2.45, 2.75) is 88.7 Å². The van der Waals surface area contributed by atoms with Crippen molar-refractivity contribution in [3.63, 3.8) is 0 Å². The second-order valence-electron chi connectivity index (χ2n) is 7.86. The van der Waals surface area contributed by atoms with Gasteiger partial charge in [-0.05, 0) is 38.5 Å². The van der Waals surface area contributed by atoms with Crippen LogP contribution >= 0.6 is 0 Å². The topological polar surface area (TPSA) is 85.8 Å². The molecule has 1 saturated carbocycles. The predicted molar refractivity (Wildman–Crippen MR) is 72.2 cm³/mol. The van der Waals surface area contributed by atoms with Gasteiger partial charge >= 0.3 is 0 Å². The van der Waals surface area contributed by atoms with Crippen molar-refractivity contribution in [1.29, 1.82) is 0 Å². The number of aliphatic hydroxyl groups excluding tert-OH is 2. The number of hydrogen-bond acceptors (Lipinski definition) is 5. The van der Waals surface area contributed by atoms with E-state index < -0.39 is 23.4 Å². The summed E-state index contributed by atoms with van der Waals surface area (Å²) in [4.78, 5) is 0. The Morgan fingerprint density at radius 1 is 1.10 bits per heavy atom. The Hall–Kier alpha value is -0.200. The molecule has 2 heterocycles. The van der Waals surface area contributed by atoms with E-state index in [1.54, 1.807) is 6.92 Å². The maximum atomic E-state index is 10.5. The van der Waals surface area contributed by atoms with Crippen LogP contribution in [-0.2, 0) is 9.47 Å². The summed E-state index contributed by atoms with van der Waals surface area (Å²) in [5.74, 6) is 0. The van der Waals surface area contributed by atoms with E-state index in [2.05, 4.69) is 0 Å². The summed E-state index contributed by atoms with van der Waals surface area (Å²) >= 11 is 0. The Balaban J connectivity index is 1.85. The highest BCUT2D eigenvalue weighted by Gasteiger charge is 2.66. The minimum Gasteiger partial charge on any atom is -0.390 e. The first-order valence-corrected chi connectivity index (χ1v) is 7.50. The first kappa shape index (κ1) is 14.7. The highest BCUT2D eigenvalue weighted by molar-refractivity contribution is 5.14. The molecule has 0 spiro atoms. The molecule has 3 rings (SSSR count). The zero-order valence-corrected chi connectivity index (χ0v) is 12.7. The fourth-order valence-corrected chi connectivity index (χ4v) is 3.62. The molecule has 0 amide bonds. The van der Waals surface area contributed by atoms with E-state index in [0.717, 1.165) is 0 Å². The van der Waals surface area contributed by atoms with Crippen molar-refractivity contribution < 1.29 is 24.8 Å². The van der Waals surface area contributed by atoms with Crippen LogP contribution in [-0.4, -0.2) is 57.0 Å². The van der Waals surface area contributed by atoms with Gasteiger partial charge in [0, 0.05) is 0 Å². The van der Waals surface area contributed by atoms with E-state index in [9.17, 15) is 15.3 Å². The summed E-state index contributed by atoms with van der Waals surface area (Å²) in [6.07, 6.45) is -0.279. The summed E-state index contributed by atoms with van der Waals surface area (Å²) in [6.45, 7) is 7.59. The molecule has 7 atom stereocenters. The summed E-state index contributed by atoms with van der Waals surface area (Å²) in [7, 11) is 0. The molecule has 5 heteroatoms. The Morgan fingerprint density at radius 2 is 1.75 bits per heavy atom. The standard InChI is InChI=1S/C15H26O5/c1-13(2)7-8(16)14(3,18)6-5-9-15(4,20-9)11(17)10-12(13)19-10/h8-12,16-18H,5-7H2,1-4H3/t8-,9+,10-,11+,12+,14-,15-/m0/s1. The third-order valence-electron chi connectivity index (χ3n) is 5.52. The van der Waals surface area contributed by atoms with E-state index in [1.165, 1.54) is 0 Å². The maximum Gasteiger partial charge on any atom is 0.120 e. The minimum atomic E-state index is -1.14. The number of ether oxygens (including phenoxy) is 2. The van der Waals surface area contributed by atoms with Crippen LogP contribution in [0.5, 0.6) is 0 Å². The van der Waals surface area contributed by atoms with Crippen molar-refractivity contribution in [2.75, 3.05) is 0 Å². The molecule has 2 saturated heterocycles. The van der Waals surface area contributed by atoms with E-state index in [1.807, 2.05) is 20.8 Å². The highest BCUT2D eigenvalue weighted by atomic mass is 16.6. The number of hydrogen-bond donors (Lipinski definition) is 3. The Labute approximate surface area is 119 Å². The molecule has 0 bridgehead atoms. The average molecular weight is 286 g/mol. The molecule has 0 unspecified atom stereocenters. The van der Waals surface area contributed by atoms with Crippen LogP contribution in [0.3, 0.4) is 0 Å². The van der Waals surface area contributed by atoms with Crippen LogP contribution in [0.15, 0.2) is 0 Å². The van der Waals surface area contributed by atoms with Crippen LogP contribution in [0.2, 0.25) is 0 Å². The van der Waals surface area contributed by atoms with Crippen LogP contribution in [0.4, 0.5) is 0 Å². The second kappa shape index (κ2) is 4.17. The van der Waals surface area contributed by atoms with Crippen LogP contribution < -0.4 is 0 Å². The van der Waals surface area contributed by atoms with Gasteiger partial charge in [-0.25, -0.2) is 0 Å². The lowest BCUT2D eigenvalue weighted by Gasteiger charge is -2.34. The quantitative estimate of drug-likeness (QED) is 0.568. The van der Waals surface area contributed by atoms with Gasteiger partial charge in [0.25, 0.3) is 0 Å². The highest BCUT2D eigenvalue weighted by Crippen LogP contribution is 2.52. The maximum absolute atomic E-state index is 10.5. The van der Waals surface area contributed by atoms with Crippen LogP contribution in [0.25, 0.3) is 0 Å². The molecule has 20 heavy (non-hydrogen) atoms. The molecular formula is C15H26O5. The fraction of sp³-hybridized carbons (Fsp3) is 1.00. The van der Waals surface area contributed by atoms with Crippen molar-refractivity contribution in [2.24, 2.45) is 5.41 Å². The monoisotopic (exact) mass is 286 g/mol. The lowest BCUT2D eigenvalue weighted by molar-refractivity contribution is -0.0868. The molecule has 0 aromatic carbocycles. The van der Waals surface area contributed by atoms with Gasteiger partial charge in [-0.1, -0.05) is 13.8 Å². The molecule has 0 aromatic heterocycles. The molecule has 5 nitrogen and oxygen atoms in total. The second-order valence-corrected chi connectivity index (χ2v) is 7.86. The van der Waals surface area contributed by atoms with Gasteiger partial charge in [-0.3, -0.25) is 0 Å². The van der Waals surface area contributed by atoms with E-state index in [-0.39, 0.29) is 23.7 Å². The Kier molecular flexibility index (Phi) is 3.07.